The Hall–Kier alpha value is -2.61. The predicted octanol–water partition coefficient (Wildman–Crippen LogP) is 5.86. The van der Waals surface area contributed by atoms with Gasteiger partial charge < -0.3 is 9.47 Å². The molecule has 0 aliphatic heterocycles. The zero-order valence-electron chi connectivity index (χ0n) is 20.0. The van der Waals surface area contributed by atoms with E-state index in [1.807, 2.05) is 67.6 Å². The SMILES string of the molecule is COc1cccc2cc(C/C=C/CCS(=O)(=O)N[C@H](C)c3cccc(OCC4CC4)c3)c(Cl)nc12. The first-order chi connectivity index (χ1) is 16.8. The Labute approximate surface area is 212 Å². The zero-order chi connectivity index (χ0) is 24.8. The van der Waals surface area contributed by atoms with E-state index in [2.05, 4.69) is 9.71 Å². The molecular formula is C27H31ClN2O4S. The summed E-state index contributed by atoms with van der Waals surface area (Å²) in [7, 11) is -1.84. The summed E-state index contributed by atoms with van der Waals surface area (Å²) in [4.78, 5) is 4.47. The van der Waals surface area contributed by atoms with Crippen LogP contribution in [-0.2, 0) is 16.4 Å². The standard InChI is InChI=1S/C27H31ClN2O4S/c1-19(21-9-6-11-24(17-21)34-18-20-13-14-20)30-35(31,32)15-5-3-4-8-23-16-22-10-7-12-25(33-2)26(22)29-27(23)28/h3-4,6-7,9-12,16-17,19-20,30H,5,8,13-15,18H2,1-2H3/b4-3+/t19-/m1/s1. The second-order valence-corrected chi connectivity index (χ2v) is 11.2. The molecule has 0 unspecified atom stereocenters. The molecule has 0 radical (unpaired) electrons. The molecule has 1 aliphatic rings. The fourth-order valence-corrected chi connectivity index (χ4v) is 5.28. The molecule has 0 bridgehead atoms. The van der Waals surface area contributed by atoms with E-state index >= 15 is 0 Å². The number of nitrogens with one attached hydrogen (secondary N) is 1. The first-order valence-electron chi connectivity index (χ1n) is 11.8. The number of sulfonamides is 1. The number of ether oxygens (including phenoxy) is 2. The summed E-state index contributed by atoms with van der Waals surface area (Å²) in [5, 5.41) is 1.36. The number of fused-ring (bicyclic) bond motifs is 1. The zero-order valence-corrected chi connectivity index (χ0v) is 21.6. The van der Waals surface area contributed by atoms with Gasteiger partial charge in [-0.2, -0.15) is 0 Å². The van der Waals surface area contributed by atoms with Crippen molar-refractivity contribution in [3.8, 4) is 11.5 Å². The topological polar surface area (TPSA) is 77.5 Å². The quantitative estimate of drug-likeness (QED) is 0.242. The molecule has 1 saturated carbocycles. The molecule has 0 saturated heterocycles. The molecule has 1 N–H and O–H groups in total. The van der Waals surface area contributed by atoms with E-state index in [-0.39, 0.29) is 11.8 Å². The van der Waals surface area contributed by atoms with Crippen molar-refractivity contribution in [1.82, 2.24) is 9.71 Å². The summed E-state index contributed by atoms with van der Waals surface area (Å²) < 4.78 is 39.1. The van der Waals surface area contributed by atoms with E-state index in [1.54, 1.807) is 7.11 Å². The molecule has 1 aromatic heterocycles. The Morgan fingerprint density at radius 3 is 2.74 bits per heavy atom. The van der Waals surface area contributed by atoms with Crippen LogP contribution in [0.25, 0.3) is 10.9 Å². The minimum atomic E-state index is -3.44. The molecule has 186 valence electrons. The van der Waals surface area contributed by atoms with Gasteiger partial charge in [-0.05, 0) is 73.9 Å². The van der Waals surface area contributed by atoms with Crippen molar-refractivity contribution in [2.45, 2.75) is 38.6 Å². The first-order valence-corrected chi connectivity index (χ1v) is 13.9. The lowest BCUT2D eigenvalue weighted by Crippen LogP contribution is -2.29. The van der Waals surface area contributed by atoms with Crippen LogP contribution in [0.15, 0.2) is 60.7 Å². The molecule has 3 aromatic rings. The number of nitrogens with zero attached hydrogens (tertiary/aromatic N) is 1. The third-order valence-corrected chi connectivity index (χ3v) is 7.82. The number of rotatable bonds is 12. The fourth-order valence-electron chi connectivity index (χ4n) is 3.82. The molecule has 35 heavy (non-hydrogen) atoms. The number of benzene rings is 2. The van der Waals surface area contributed by atoms with Gasteiger partial charge in [-0.3, -0.25) is 0 Å². The van der Waals surface area contributed by atoms with Crippen LogP contribution in [0.4, 0.5) is 0 Å². The van der Waals surface area contributed by atoms with Crippen LogP contribution in [0.3, 0.4) is 0 Å². The smallest absolute Gasteiger partial charge is 0.212 e. The van der Waals surface area contributed by atoms with Crippen LogP contribution in [0.1, 0.15) is 43.4 Å². The number of allylic oxidation sites excluding steroid dienone is 2. The molecule has 1 fully saturated rings. The van der Waals surface area contributed by atoms with Gasteiger partial charge >= 0.3 is 0 Å². The fraction of sp³-hybridized carbons (Fsp3) is 0.370. The highest BCUT2D eigenvalue weighted by molar-refractivity contribution is 7.89. The summed E-state index contributed by atoms with van der Waals surface area (Å²) >= 11 is 6.37. The van der Waals surface area contributed by atoms with Gasteiger partial charge in [-0.1, -0.05) is 48.0 Å². The normalized spacial score (nSPS) is 14.9. The van der Waals surface area contributed by atoms with E-state index in [1.165, 1.54) is 12.8 Å². The van der Waals surface area contributed by atoms with Gasteiger partial charge in [0.05, 0.1) is 19.5 Å². The Bertz CT molecular complexity index is 1310. The van der Waals surface area contributed by atoms with Gasteiger partial charge in [0.15, 0.2) is 0 Å². The van der Waals surface area contributed by atoms with Gasteiger partial charge in [0, 0.05) is 11.4 Å². The third kappa shape index (κ3) is 7.19. The van der Waals surface area contributed by atoms with Gasteiger partial charge in [0.1, 0.15) is 22.2 Å². The van der Waals surface area contributed by atoms with Gasteiger partial charge in [-0.15, -0.1) is 0 Å². The highest BCUT2D eigenvalue weighted by Gasteiger charge is 2.22. The summed E-state index contributed by atoms with van der Waals surface area (Å²) in [5.41, 5.74) is 2.48. The number of pyridine rings is 1. The molecule has 1 atom stereocenters. The Kier molecular flexibility index (Phi) is 8.31. The molecule has 2 aromatic carbocycles. The van der Waals surface area contributed by atoms with E-state index in [4.69, 9.17) is 21.1 Å². The molecule has 6 nitrogen and oxygen atoms in total. The summed E-state index contributed by atoms with van der Waals surface area (Å²) in [6.07, 6.45) is 7.21. The van der Waals surface area contributed by atoms with Crippen molar-refractivity contribution in [3.63, 3.8) is 0 Å². The monoisotopic (exact) mass is 514 g/mol. The van der Waals surface area contributed by atoms with E-state index in [9.17, 15) is 8.42 Å². The molecule has 0 amide bonds. The van der Waals surface area contributed by atoms with Crippen LogP contribution in [0.2, 0.25) is 5.15 Å². The molecule has 1 aliphatic carbocycles. The van der Waals surface area contributed by atoms with Gasteiger partial charge in [0.25, 0.3) is 0 Å². The number of halogens is 1. The molecule has 4 rings (SSSR count). The summed E-state index contributed by atoms with van der Waals surface area (Å²) in [6.45, 7) is 2.57. The largest absolute Gasteiger partial charge is 0.494 e. The Morgan fingerprint density at radius 1 is 1.17 bits per heavy atom. The van der Waals surface area contributed by atoms with Gasteiger partial charge in [-0.25, -0.2) is 18.1 Å². The lowest BCUT2D eigenvalue weighted by molar-refractivity contribution is 0.299. The van der Waals surface area contributed by atoms with Gasteiger partial charge in [0.2, 0.25) is 10.0 Å². The second-order valence-electron chi connectivity index (χ2n) is 8.92. The summed E-state index contributed by atoms with van der Waals surface area (Å²) in [6, 6.07) is 15.0. The van der Waals surface area contributed by atoms with E-state index in [0.717, 1.165) is 34.4 Å². The maximum Gasteiger partial charge on any atom is 0.212 e. The van der Waals surface area contributed by atoms with Crippen LogP contribution < -0.4 is 14.2 Å². The first kappa shape index (κ1) is 25.5. The third-order valence-electron chi connectivity index (χ3n) is 6.01. The van der Waals surface area contributed by atoms with Crippen molar-refractivity contribution in [1.29, 1.82) is 0 Å². The number of para-hydroxylation sites is 1. The number of methoxy groups -OCH3 is 1. The number of aromatic nitrogens is 1. The van der Waals surface area contributed by atoms with Crippen molar-refractivity contribution < 1.29 is 17.9 Å². The number of hydrogen-bond donors (Lipinski definition) is 1. The Morgan fingerprint density at radius 2 is 1.97 bits per heavy atom. The van der Waals surface area contributed by atoms with Crippen molar-refractivity contribution in [2.24, 2.45) is 5.92 Å². The maximum absolute atomic E-state index is 12.6. The van der Waals surface area contributed by atoms with Crippen molar-refractivity contribution >= 4 is 32.5 Å². The molecular weight excluding hydrogens is 484 g/mol. The number of hydrogen-bond acceptors (Lipinski definition) is 5. The van der Waals surface area contributed by atoms with Crippen LogP contribution in [0, 0.1) is 5.92 Å². The summed E-state index contributed by atoms with van der Waals surface area (Å²) in [5.74, 6) is 2.13. The molecule has 1 heterocycles. The predicted molar refractivity (Wildman–Crippen MR) is 141 cm³/mol. The van der Waals surface area contributed by atoms with Crippen LogP contribution in [-0.4, -0.2) is 32.9 Å². The minimum Gasteiger partial charge on any atom is -0.494 e. The van der Waals surface area contributed by atoms with Crippen molar-refractivity contribution in [3.05, 3.63) is 77.0 Å². The Balaban J connectivity index is 1.28. The lowest BCUT2D eigenvalue weighted by atomic mass is 10.1. The van der Waals surface area contributed by atoms with Crippen molar-refractivity contribution in [2.75, 3.05) is 19.5 Å². The highest BCUT2D eigenvalue weighted by Crippen LogP contribution is 2.30. The van der Waals surface area contributed by atoms with Crippen LogP contribution in [0.5, 0.6) is 11.5 Å². The molecule has 8 heteroatoms. The average Bonchev–Trinajstić information content (AvgIpc) is 3.67. The van der Waals surface area contributed by atoms with Crippen LogP contribution >= 0.6 is 11.6 Å². The maximum atomic E-state index is 12.6. The lowest BCUT2D eigenvalue weighted by Gasteiger charge is -2.15. The minimum absolute atomic E-state index is 0.00656. The highest BCUT2D eigenvalue weighted by atomic mass is 35.5. The van der Waals surface area contributed by atoms with E-state index < -0.39 is 10.0 Å². The van der Waals surface area contributed by atoms with E-state index in [0.29, 0.717) is 29.7 Å². The second kappa shape index (κ2) is 11.4. The molecule has 0 spiro atoms. The average molecular weight is 515 g/mol.